The fraction of sp³-hybridized carbons (Fsp3) is 0.375. The summed E-state index contributed by atoms with van der Waals surface area (Å²) >= 11 is 0. The van der Waals surface area contributed by atoms with Crippen LogP contribution in [0.1, 0.15) is 12.0 Å². The van der Waals surface area contributed by atoms with E-state index in [9.17, 15) is 0 Å². The minimum Gasteiger partial charge on any atom is -0.381 e. The van der Waals surface area contributed by atoms with Gasteiger partial charge in [0, 0.05) is 12.6 Å². The Morgan fingerprint density at radius 2 is 2.00 bits per heavy atom. The van der Waals surface area contributed by atoms with Crippen molar-refractivity contribution in [2.24, 2.45) is 11.7 Å². The third-order valence-electron chi connectivity index (χ3n) is 3.91. The monoisotopic (exact) mass is 241 g/mol. The molecular formula is C16H19NO. The largest absolute Gasteiger partial charge is 0.381 e. The Balaban J connectivity index is 1.85. The van der Waals surface area contributed by atoms with E-state index >= 15 is 0 Å². The molecule has 1 heterocycles. The topological polar surface area (TPSA) is 35.2 Å². The third kappa shape index (κ3) is 2.26. The molecule has 0 bridgehead atoms. The Labute approximate surface area is 108 Å². The molecule has 2 atom stereocenters. The first-order chi connectivity index (χ1) is 8.84. The number of ether oxygens (including phenoxy) is 1. The van der Waals surface area contributed by atoms with Crippen molar-refractivity contribution in [3.63, 3.8) is 0 Å². The summed E-state index contributed by atoms with van der Waals surface area (Å²) in [5.41, 5.74) is 7.68. The van der Waals surface area contributed by atoms with Crippen molar-refractivity contribution >= 4 is 10.8 Å². The van der Waals surface area contributed by atoms with Crippen molar-refractivity contribution in [3.05, 3.63) is 48.0 Å². The van der Waals surface area contributed by atoms with Gasteiger partial charge in [0.25, 0.3) is 0 Å². The molecule has 94 valence electrons. The highest BCUT2D eigenvalue weighted by Gasteiger charge is 2.23. The van der Waals surface area contributed by atoms with Gasteiger partial charge in [-0.05, 0) is 35.1 Å². The van der Waals surface area contributed by atoms with Gasteiger partial charge < -0.3 is 10.5 Å². The summed E-state index contributed by atoms with van der Waals surface area (Å²) in [4.78, 5) is 0. The molecule has 0 saturated carbocycles. The smallest absolute Gasteiger partial charge is 0.0510 e. The molecule has 18 heavy (non-hydrogen) atoms. The van der Waals surface area contributed by atoms with E-state index in [4.69, 9.17) is 10.5 Å². The van der Waals surface area contributed by atoms with Crippen LogP contribution in [0.15, 0.2) is 42.5 Å². The lowest BCUT2D eigenvalue weighted by atomic mass is 9.91. The Morgan fingerprint density at radius 1 is 1.17 bits per heavy atom. The lowest BCUT2D eigenvalue weighted by Crippen LogP contribution is -2.32. The van der Waals surface area contributed by atoms with Crippen LogP contribution in [0, 0.1) is 5.92 Å². The Bertz CT molecular complexity index is 526. The van der Waals surface area contributed by atoms with Crippen LogP contribution in [0.3, 0.4) is 0 Å². The van der Waals surface area contributed by atoms with Gasteiger partial charge in [-0.15, -0.1) is 0 Å². The first-order valence-electron chi connectivity index (χ1n) is 6.64. The molecule has 0 aromatic heterocycles. The second-order valence-corrected chi connectivity index (χ2v) is 5.13. The van der Waals surface area contributed by atoms with Gasteiger partial charge in [0.05, 0.1) is 6.61 Å². The summed E-state index contributed by atoms with van der Waals surface area (Å²) < 4.78 is 5.42. The number of hydrogen-bond acceptors (Lipinski definition) is 2. The highest BCUT2D eigenvalue weighted by atomic mass is 16.5. The summed E-state index contributed by atoms with van der Waals surface area (Å²) in [6.07, 6.45) is 2.04. The van der Waals surface area contributed by atoms with Crippen molar-refractivity contribution in [3.8, 4) is 0 Å². The van der Waals surface area contributed by atoms with Crippen LogP contribution in [0.2, 0.25) is 0 Å². The number of benzene rings is 2. The van der Waals surface area contributed by atoms with Crippen molar-refractivity contribution in [2.45, 2.75) is 18.9 Å². The maximum atomic E-state index is 6.32. The summed E-state index contributed by atoms with van der Waals surface area (Å²) in [6.45, 7) is 1.69. The van der Waals surface area contributed by atoms with E-state index in [1.54, 1.807) is 0 Å². The van der Waals surface area contributed by atoms with E-state index < -0.39 is 0 Å². The molecule has 2 heteroatoms. The molecule has 2 nitrogen and oxygen atoms in total. The summed E-state index contributed by atoms with van der Waals surface area (Å²) in [7, 11) is 0. The molecule has 1 saturated heterocycles. The molecule has 1 fully saturated rings. The molecule has 0 radical (unpaired) electrons. The van der Waals surface area contributed by atoms with Gasteiger partial charge >= 0.3 is 0 Å². The molecule has 2 aromatic carbocycles. The van der Waals surface area contributed by atoms with Gasteiger partial charge in [-0.1, -0.05) is 42.5 Å². The van der Waals surface area contributed by atoms with E-state index in [1.807, 2.05) is 0 Å². The second kappa shape index (κ2) is 5.09. The van der Waals surface area contributed by atoms with Gasteiger partial charge in [0.1, 0.15) is 0 Å². The molecule has 2 aromatic rings. The number of hydrogen-bond donors (Lipinski definition) is 1. The van der Waals surface area contributed by atoms with E-state index in [2.05, 4.69) is 42.5 Å². The van der Waals surface area contributed by atoms with Crippen LogP contribution in [0.25, 0.3) is 10.8 Å². The first kappa shape index (κ1) is 11.7. The Morgan fingerprint density at radius 3 is 2.83 bits per heavy atom. The average molecular weight is 241 g/mol. The van der Waals surface area contributed by atoms with Crippen molar-refractivity contribution < 1.29 is 4.74 Å². The molecule has 0 aliphatic carbocycles. The maximum Gasteiger partial charge on any atom is 0.0510 e. The number of nitrogens with two attached hydrogens (primary N) is 1. The van der Waals surface area contributed by atoms with E-state index in [0.29, 0.717) is 5.92 Å². The van der Waals surface area contributed by atoms with Gasteiger partial charge in [0.15, 0.2) is 0 Å². The zero-order valence-electron chi connectivity index (χ0n) is 10.5. The van der Waals surface area contributed by atoms with Gasteiger partial charge in [-0.2, -0.15) is 0 Å². The molecule has 2 unspecified atom stereocenters. The summed E-state index contributed by atoms with van der Waals surface area (Å²) in [5, 5.41) is 2.62. The molecule has 3 rings (SSSR count). The highest BCUT2D eigenvalue weighted by molar-refractivity contribution is 5.85. The lowest BCUT2D eigenvalue weighted by molar-refractivity contribution is 0.180. The Hall–Kier alpha value is -1.38. The normalized spacial score (nSPS) is 21.3. The van der Waals surface area contributed by atoms with Gasteiger partial charge in [0.2, 0.25) is 0 Å². The third-order valence-corrected chi connectivity index (χ3v) is 3.91. The zero-order valence-corrected chi connectivity index (χ0v) is 10.5. The minimum atomic E-state index is 0.207. The minimum absolute atomic E-state index is 0.207. The first-order valence-corrected chi connectivity index (χ1v) is 6.64. The number of rotatable bonds is 3. The summed E-state index contributed by atoms with van der Waals surface area (Å²) in [5.74, 6) is 0.518. The van der Waals surface area contributed by atoms with Gasteiger partial charge in [-0.25, -0.2) is 0 Å². The lowest BCUT2D eigenvalue weighted by Gasteiger charge is -2.18. The predicted octanol–water partition coefficient (Wildman–Crippen LogP) is 2.75. The van der Waals surface area contributed by atoms with Gasteiger partial charge in [-0.3, -0.25) is 0 Å². The molecular weight excluding hydrogens is 222 g/mol. The highest BCUT2D eigenvalue weighted by Crippen LogP contribution is 2.23. The fourth-order valence-corrected chi connectivity index (χ4v) is 2.78. The average Bonchev–Trinajstić information content (AvgIpc) is 2.93. The van der Waals surface area contributed by atoms with E-state index in [1.165, 1.54) is 16.3 Å². The van der Waals surface area contributed by atoms with E-state index in [0.717, 1.165) is 26.1 Å². The molecule has 1 aliphatic rings. The molecule has 0 amide bonds. The van der Waals surface area contributed by atoms with Crippen LogP contribution in [-0.4, -0.2) is 19.3 Å². The van der Waals surface area contributed by atoms with Crippen LogP contribution in [0.5, 0.6) is 0 Å². The SMILES string of the molecule is NC(Cc1cccc2ccccc12)C1CCOC1. The molecule has 1 aliphatic heterocycles. The molecule has 2 N–H and O–H groups in total. The van der Waals surface area contributed by atoms with Crippen LogP contribution >= 0.6 is 0 Å². The van der Waals surface area contributed by atoms with E-state index in [-0.39, 0.29) is 6.04 Å². The zero-order chi connectivity index (χ0) is 12.4. The van der Waals surface area contributed by atoms with Crippen LogP contribution in [-0.2, 0) is 11.2 Å². The maximum absolute atomic E-state index is 6.32. The second-order valence-electron chi connectivity index (χ2n) is 5.13. The standard InChI is InChI=1S/C16H19NO/c17-16(14-8-9-18-11-14)10-13-6-3-5-12-4-1-2-7-15(12)13/h1-7,14,16H,8-11,17H2. The van der Waals surface area contributed by atoms with Crippen molar-refractivity contribution in [1.29, 1.82) is 0 Å². The number of fused-ring (bicyclic) bond motifs is 1. The van der Waals surface area contributed by atoms with Crippen LogP contribution < -0.4 is 5.73 Å². The van der Waals surface area contributed by atoms with Crippen molar-refractivity contribution in [1.82, 2.24) is 0 Å². The van der Waals surface area contributed by atoms with Crippen LogP contribution in [0.4, 0.5) is 0 Å². The quantitative estimate of drug-likeness (QED) is 0.896. The fourth-order valence-electron chi connectivity index (χ4n) is 2.78. The predicted molar refractivity (Wildman–Crippen MR) is 74.6 cm³/mol. The molecule has 0 spiro atoms. The van der Waals surface area contributed by atoms with Crippen molar-refractivity contribution in [2.75, 3.05) is 13.2 Å². The summed E-state index contributed by atoms with van der Waals surface area (Å²) in [6, 6.07) is 15.2. The Kier molecular flexibility index (Phi) is 3.31.